The average Bonchev–Trinajstić information content (AvgIpc) is 3.86. The molecule has 2 aliphatic rings. The summed E-state index contributed by atoms with van der Waals surface area (Å²) in [4.78, 5) is 115. The molecule has 5 aromatic rings. The Kier molecular flexibility index (Phi) is 17.9. The Hall–Kier alpha value is -7.42. The van der Waals surface area contributed by atoms with Gasteiger partial charge in [0.15, 0.2) is 0 Å². The van der Waals surface area contributed by atoms with E-state index in [1.54, 1.807) is 6.07 Å². The molecule has 0 saturated carbocycles. The van der Waals surface area contributed by atoms with Crippen LogP contribution in [0.4, 0.5) is 16.2 Å². The number of carbonyl (C=O) groups excluding carboxylic acids is 2. The van der Waals surface area contributed by atoms with E-state index in [4.69, 9.17) is 24.0 Å². The summed E-state index contributed by atoms with van der Waals surface area (Å²) in [6.07, 6.45) is -3.55. The zero-order valence-electron chi connectivity index (χ0n) is 42.0. The Morgan fingerprint density at radius 2 is 1.70 bits per heavy atom. The van der Waals surface area contributed by atoms with Gasteiger partial charge in [-0.3, -0.25) is 33.8 Å². The van der Waals surface area contributed by atoms with Crippen LogP contribution in [0.1, 0.15) is 92.3 Å². The zero-order chi connectivity index (χ0) is 57.9. The lowest BCUT2D eigenvalue weighted by Crippen LogP contribution is -2.33. The van der Waals surface area contributed by atoms with E-state index in [2.05, 4.69) is 35.7 Å². The second-order valence-electron chi connectivity index (χ2n) is 17.7. The SMILES string of the molecule is C=c1cc2c(cc1C)=C(c1cc(C(=O)NCc3ccc([N+](=O)[O-])c(C(C)OC(=O)NC/C=C/c4cn([C@H]5CC(O)[C@@H](COP(=O)(O)OP(=O)(O)OP(=O)(O)O)O5)c(=O)[nH]c4=O)c3)ccc1C(=O)O)c1cc(C)c(NCC)cc1O2. The van der Waals surface area contributed by atoms with Gasteiger partial charge in [-0.1, -0.05) is 24.8 Å². The molecule has 1 saturated heterocycles. The first kappa shape index (κ1) is 59.2. The number of carboxylic acids is 1. The van der Waals surface area contributed by atoms with Crippen molar-refractivity contribution < 1.29 is 90.1 Å². The number of alkyl carbamates (subject to hydrolysis) is 1. The summed E-state index contributed by atoms with van der Waals surface area (Å²) in [5.41, 5.74) is 1.69. The summed E-state index contributed by atoms with van der Waals surface area (Å²) < 4.78 is 64.6. The van der Waals surface area contributed by atoms with Crippen LogP contribution in [-0.2, 0) is 42.9 Å². The van der Waals surface area contributed by atoms with Crippen molar-refractivity contribution in [1.29, 1.82) is 0 Å². The van der Waals surface area contributed by atoms with Gasteiger partial charge in [0, 0.05) is 72.0 Å². The second kappa shape index (κ2) is 23.9. The van der Waals surface area contributed by atoms with Crippen LogP contribution < -0.4 is 42.4 Å². The molecule has 4 unspecified atom stereocenters. The molecule has 3 heterocycles. The van der Waals surface area contributed by atoms with E-state index >= 15 is 0 Å². The molecule has 0 radical (unpaired) electrons. The zero-order valence-corrected chi connectivity index (χ0v) is 44.7. The first-order chi connectivity index (χ1) is 37.0. The Balaban J connectivity index is 1.00. The number of ether oxygens (including phenoxy) is 3. The average molecular weight is 1160 g/mol. The van der Waals surface area contributed by atoms with Crippen LogP contribution in [0.15, 0.2) is 82.5 Å². The minimum Gasteiger partial charge on any atom is -0.478 e. The Labute approximate surface area is 446 Å². The van der Waals surface area contributed by atoms with Gasteiger partial charge in [0.25, 0.3) is 17.2 Å². The number of carbonyl (C=O) groups is 3. The first-order valence-electron chi connectivity index (χ1n) is 23.5. The molecular formula is C48H51N6O22P3. The van der Waals surface area contributed by atoms with Gasteiger partial charge in [0.2, 0.25) is 0 Å². The quantitative estimate of drug-likeness (QED) is 0.0271. The number of carboxylic acid groups (broad SMARTS) is 1. The number of phosphoric acid groups is 3. The van der Waals surface area contributed by atoms with E-state index in [9.17, 15) is 67.8 Å². The summed E-state index contributed by atoms with van der Waals surface area (Å²) in [5, 5.41) is 42.8. The molecule has 0 aliphatic carbocycles. The number of anilines is 1. The number of H-pyrrole nitrogens is 1. The van der Waals surface area contributed by atoms with Crippen molar-refractivity contribution in [2.75, 3.05) is 25.0 Å². The number of aromatic nitrogens is 2. The number of hydrogen-bond donors (Lipinski definition) is 10. The third-order valence-corrected chi connectivity index (χ3v) is 15.9. The highest BCUT2D eigenvalue weighted by Crippen LogP contribution is 2.66. The number of aliphatic hydroxyl groups is 1. The number of aryl methyl sites for hydroxylation is 2. The van der Waals surface area contributed by atoms with Crippen LogP contribution in [0.2, 0.25) is 0 Å². The molecule has 0 bridgehead atoms. The van der Waals surface area contributed by atoms with Gasteiger partial charge in [-0.05, 0) is 97.6 Å². The highest BCUT2D eigenvalue weighted by molar-refractivity contribution is 7.66. The van der Waals surface area contributed by atoms with Gasteiger partial charge >= 0.3 is 41.2 Å². The van der Waals surface area contributed by atoms with Crippen molar-refractivity contribution in [1.82, 2.24) is 20.2 Å². The first-order valence-corrected chi connectivity index (χ1v) is 28.0. The van der Waals surface area contributed by atoms with Crippen LogP contribution >= 0.6 is 23.5 Å². The van der Waals surface area contributed by atoms with Crippen molar-refractivity contribution in [3.63, 3.8) is 0 Å². The maximum atomic E-state index is 13.9. The lowest BCUT2D eigenvalue weighted by atomic mass is 9.87. The van der Waals surface area contributed by atoms with E-state index in [1.165, 1.54) is 55.5 Å². The highest BCUT2D eigenvalue weighted by atomic mass is 31.3. The molecule has 10 N–H and O–H groups in total. The van der Waals surface area contributed by atoms with Crippen molar-refractivity contribution in [3.8, 4) is 11.5 Å². The summed E-state index contributed by atoms with van der Waals surface area (Å²) in [7, 11) is -17.1. The molecule has 31 heteroatoms. The van der Waals surface area contributed by atoms with E-state index in [-0.39, 0.29) is 47.3 Å². The minimum absolute atomic E-state index is 0.0404. The predicted molar refractivity (Wildman–Crippen MR) is 278 cm³/mol. The highest BCUT2D eigenvalue weighted by Gasteiger charge is 2.43. The fraction of sp³-hybridized carbons (Fsp3) is 0.271. The number of benzene rings is 4. The molecule has 0 spiro atoms. The number of rotatable bonds is 21. The number of aromatic carboxylic acids is 1. The summed E-state index contributed by atoms with van der Waals surface area (Å²) in [6.45, 7) is 10.3. The Morgan fingerprint density at radius 3 is 2.38 bits per heavy atom. The topological polar surface area (TPSA) is 413 Å². The minimum atomic E-state index is -5.84. The Bertz CT molecular complexity index is 3710. The van der Waals surface area contributed by atoms with Crippen LogP contribution in [-0.4, -0.2) is 94.1 Å². The van der Waals surface area contributed by atoms with Crippen LogP contribution in [0.25, 0.3) is 18.2 Å². The molecule has 7 rings (SSSR count). The molecule has 1 fully saturated rings. The molecule has 4 aromatic carbocycles. The van der Waals surface area contributed by atoms with Crippen LogP contribution in [0.5, 0.6) is 11.5 Å². The van der Waals surface area contributed by atoms with Gasteiger partial charge in [0.05, 0.1) is 34.3 Å². The molecule has 420 valence electrons. The van der Waals surface area contributed by atoms with Crippen molar-refractivity contribution >= 4 is 71.0 Å². The van der Waals surface area contributed by atoms with E-state index in [0.717, 1.165) is 27.6 Å². The molecule has 79 heavy (non-hydrogen) atoms. The van der Waals surface area contributed by atoms with Gasteiger partial charge in [0.1, 0.15) is 29.9 Å². The molecule has 1 aromatic heterocycles. The molecular weight excluding hydrogens is 1110 g/mol. The maximum Gasteiger partial charge on any atom is 0.490 e. The number of fused-ring (bicyclic) bond motifs is 2. The monoisotopic (exact) mass is 1160 g/mol. The predicted octanol–water partition coefficient (Wildman–Crippen LogP) is 4.38. The lowest BCUT2D eigenvalue weighted by Gasteiger charge is -2.24. The van der Waals surface area contributed by atoms with Crippen molar-refractivity contribution in [2.45, 2.75) is 65.2 Å². The standard InChI is InChI=1S/C48H51N6O22P3/c1-6-49-36-19-40-35(15-26(36)4)43(34-14-24(2)25(3)16-39(34)73-40)33-18-29(10-11-31(33)46(58)59)44(56)51-21-28-9-12-37(54(62)63)32(17-28)27(5)72-48(61)50-13-7-8-30-22-53(47(60)52-45(30)57)42-20-38(55)41(74-42)23-71-78(67,68)76-79(69,70)75-77(64,65)66/h7-12,14-19,22,27,38,41-42,49,55H,3,6,13,20-21,23H2,1-2,4-5H3,(H,50,61)(H,51,56)(H,58,59)(H,67,68)(H,69,70)(H,52,57,60)(H2,64,65,66)/b8-7+/t27?,38?,41-,42-/m1/s1. The summed E-state index contributed by atoms with van der Waals surface area (Å²) in [6, 6.07) is 15.5. The third-order valence-electron chi connectivity index (χ3n) is 12.1. The number of phosphoric ester groups is 1. The lowest BCUT2D eigenvalue weighted by molar-refractivity contribution is -0.386. The molecule has 6 atom stereocenters. The van der Waals surface area contributed by atoms with Crippen molar-refractivity contribution in [2.24, 2.45) is 0 Å². The van der Waals surface area contributed by atoms with Gasteiger partial charge in [-0.15, -0.1) is 0 Å². The van der Waals surface area contributed by atoms with E-state index < -0.39 is 94.4 Å². The smallest absolute Gasteiger partial charge is 0.478 e. The molecule has 2 amide bonds. The normalized spacial score (nSPS) is 17.8. The number of nitro groups is 1. The Morgan fingerprint density at radius 1 is 0.962 bits per heavy atom. The number of aliphatic hydroxyl groups excluding tert-OH is 1. The second-order valence-corrected chi connectivity index (χ2v) is 22.2. The maximum absolute atomic E-state index is 13.9. The van der Waals surface area contributed by atoms with E-state index in [0.29, 0.717) is 45.2 Å². The van der Waals surface area contributed by atoms with Gasteiger partial charge in [-0.2, -0.15) is 8.62 Å². The largest absolute Gasteiger partial charge is 0.490 e. The number of nitrogens with zero attached hydrogens (tertiary/aromatic N) is 2. The molecule has 2 aliphatic heterocycles. The summed E-state index contributed by atoms with van der Waals surface area (Å²) >= 11 is 0. The number of hydrogen-bond acceptors (Lipinski definition) is 18. The van der Waals surface area contributed by atoms with Crippen LogP contribution in [0.3, 0.4) is 0 Å². The number of nitrogens with one attached hydrogen (secondary N) is 4. The van der Waals surface area contributed by atoms with Gasteiger partial charge in [-0.25, -0.2) is 28.1 Å². The van der Waals surface area contributed by atoms with Crippen molar-refractivity contribution in [3.05, 3.63) is 164 Å². The number of nitro benzene ring substituents is 1. The van der Waals surface area contributed by atoms with E-state index in [1.807, 2.05) is 44.0 Å². The number of aromatic amines is 1. The third kappa shape index (κ3) is 14.4. The number of amides is 2. The van der Waals surface area contributed by atoms with Crippen LogP contribution in [0, 0.1) is 24.0 Å². The fourth-order valence-corrected chi connectivity index (χ4v) is 11.4. The van der Waals surface area contributed by atoms with Gasteiger partial charge < -0.3 is 59.9 Å². The fourth-order valence-electron chi connectivity index (χ4n) is 8.42. The summed E-state index contributed by atoms with van der Waals surface area (Å²) in [5.74, 6) is -0.946. The molecule has 28 nitrogen and oxygen atoms in total.